The number of hydrogen-bond acceptors (Lipinski definition) is 9. The summed E-state index contributed by atoms with van der Waals surface area (Å²) in [6.45, 7) is 1.31. The first-order valence-corrected chi connectivity index (χ1v) is 13.5. The number of rotatable bonds is 7. The number of piperidine rings is 1. The van der Waals surface area contributed by atoms with Gasteiger partial charge < -0.3 is 5.32 Å². The Kier molecular flexibility index (Phi) is 6.77. The normalized spacial score (nSPS) is 16.0. The number of aldehydes is 1. The van der Waals surface area contributed by atoms with Gasteiger partial charge in [0.25, 0.3) is 0 Å². The largest absolute Gasteiger partial charge is 0.350 e. The van der Waals surface area contributed by atoms with Crippen molar-refractivity contribution in [2.45, 2.75) is 18.9 Å². The number of nitrogens with zero attached hydrogens (tertiary/aromatic N) is 6. The molecule has 0 amide bonds. The van der Waals surface area contributed by atoms with E-state index in [4.69, 9.17) is 21.6 Å². The molecule has 1 aliphatic rings. The molecule has 6 rings (SSSR count). The van der Waals surface area contributed by atoms with E-state index in [0.29, 0.717) is 28.8 Å². The summed E-state index contributed by atoms with van der Waals surface area (Å²) in [5.41, 5.74) is 4.41. The number of halogens is 1. The van der Waals surface area contributed by atoms with Crippen LogP contribution in [0.1, 0.15) is 23.2 Å². The Morgan fingerprint density at radius 2 is 2.03 bits per heavy atom. The van der Waals surface area contributed by atoms with E-state index in [1.54, 1.807) is 36.5 Å². The maximum absolute atomic E-state index is 11.4. The highest BCUT2D eigenvalue weighted by atomic mass is 35.5. The van der Waals surface area contributed by atoms with Crippen molar-refractivity contribution in [2.24, 2.45) is 0 Å². The SMILES string of the molecule is O=Cc1cccc(-c2nc3sccn3c2-c2ccnc(NC3CCCN(N(O)c4ccc(Cl)cc4)C3)n2)c1. The Hall–Kier alpha value is -3.83. The lowest BCUT2D eigenvalue weighted by Crippen LogP contribution is -2.50. The highest BCUT2D eigenvalue weighted by Crippen LogP contribution is 2.34. The minimum Gasteiger partial charge on any atom is -0.350 e. The molecule has 1 unspecified atom stereocenters. The average molecular weight is 546 g/mol. The van der Waals surface area contributed by atoms with E-state index in [2.05, 4.69) is 10.3 Å². The molecule has 4 heterocycles. The van der Waals surface area contributed by atoms with Gasteiger partial charge in [0.2, 0.25) is 5.95 Å². The third kappa shape index (κ3) is 4.86. The van der Waals surface area contributed by atoms with Crippen molar-refractivity contribution in [3.8, 4) is 22.6 Å². The third-order valence-corrected chi connectivity index (χ3v) is 7.52. The van der Waals surface area contributed by atoms with Gasteiger partial charge in [-0.3, -0.25) is 14.4 Å². The number of carbonyl (C=O) groups is 1. The molecule has 2 N–H and O–H groups in total. The molecule has 1 aliphatic heterocycles. The lowest BCUT2D eigenvalue weighted by Gasteiger charge is -2.37. The number of imidazole rings is 1. The minimum atomic E-state index is 0.0382. The fourth-order valence-corrected chi connectivity index (χ4v) is 5.56. The van der Waals surface area contributed by atoms with Crippen LogP contribution in [0.15, 0.2) is 72.4 Å². The Morgan fingerprint density at radius 1 is 1.16 bits per heavy atom. The van der Waals surface area contributed by atoms with Crippen LogP contribution in [-0.4, -0.2) is 55.0 Å². The lowest BCUT2D eigenvalue weighted by molar-refractivity contribution is 0.0466. The van der Waals surface area contributed by atoms with Gasteiger partial charge >= 0.3 is 0 Å². The molecule has 0 saturated carbocycles. The molecule has 5 aromatic rings. The molecular weight excluding hydrogens is 522 g/mol. The molecule has 0 spiro atoms. The summed E-state index contributed by atoms with van der Waals surface area (Å²) in [5, 5.41) is 19.9. The van der Waals surface area contributed by atoms with Crippen molar-refractivity contribution in [1.29, 1.82) is 0 Å². The lowest BCUT2D eigenvalue weighted by atomic mass is 10.1. The second-order valence-corrected chi connectivity index (χ2v) is 10.3. The molecule has 192 valence electrons. The van der Waals surface area contributed by atoms with Crippen molar-refractivity contribution in [3.63, 3.8) is 0 Å². The Balaban J connectivity index is 1.26. The molecule has 0 bridgehead atoms. The summed E-state index contributed by atoms with van der Waals surface area (Å²) >= 11 is 7.53. The van der Waals surface area contributed by atoms with Crippen molar-refractivity contribution >= 4 is 45.8 Å². The first-order chi connectivity index (χ1) is 18.6. The number of nitrogens with one attached hydrogen (secondary N) is 1. The van der Waals surface area contributed by atoms with Gasteiger partial charge in [0.05, 0.1) is 17.1 Å². The number of benzene rings is 2. The van der Waals surface area contributed by atoms with Crippen LogP contribution in [0.5, 0.6) is 0 Å². The Bertz CT molecular complexity index is 1590. The molecule has 3 aromatic heterocycles. The number of hydrazine groups is 1. The van der Waals surface area contributed by atoms with E-state index in [1.165, 1.54) is 16.5 Å². The standard InChI is InChI=1S/C27H24ClN7O2S/c28-20-6-8-22(9-7-20)35(37)33-12-2-5-21(16-33)30-26-29-11-10-23(31-26)25-24(32-27-34(25)13-14-38-27)19-4-1-3-18(15-19)17-36/h1,3-4,6-11,13-15,17,21,37H,2,5,12,16H2,(H,29,30,31). The molecule has 38 heavy (non-hydrogen) atoms. The van der Waals surface area contributed by atoms with Gasteiger partial charge in [-0.25, -0.2) is 15.0 Å². The molecular formula is C27H24ClN7O2S. The number of aromatic nitrogens is 4. The summed E-state index contributed by atoms with van der Waals surface area (Å²) in [6, 6.07) is 16.4. The number of anilines is 2. The van der Waals surface area contributed by atoms with Crippen LogP contribution in [0.2, 0.25) is 5.02 Å². The summed E-state index contributed by atoms with van der Waals surface area (Å²) in [6.07, 6.45) is 6.36. The van der Waals surface area contributed by atoms with E-state index < -0.39 is 0 Å². The maximum Gasteiger partial charge on any atom is 0.223 e. The summed E-state index contributed by atoms with van der Waals surface area (Å²) in [7, 11) is 0. The number of fused-ring (bicyclic) bond motifs is 1. The van der Waals surface area contributed by atoms with Crippen molar-refractivity contribution in [2.75, 3.05) is 23.6 Å². The van der Waals surface area contributed by atoms with Gasteiger partial charge in [0.1, 0.15) is 12.0 Å². The quantitative estimate of drug-likeness (QED) is 0.199. The highest BCUT2D eigenvalue weighted by Gasteiger charge is 2.25. The zero-order valence-corrected chi connectivity index (χ0v) is 21.8. The molecule has 2 aromatic carbocycles. The average Bonchev–Trinajstić information content (AvgIpc) is 3.55. The van der Waals surface area contributed by atoms with Gasteiger partial charge in [0.15, 0.2) is 4.96 Å². The fraction of sp³-hybridized carbons (Fsp3) is 0.185. The van der Waals surface area contributed by atoms with Crippen LogP contribution >= 0.6 is 22.9 Å². The maximum atomic E-state index is 11.4. The predicted octanol–water partition coefficient (Wildman–Crippen LogP) is 5.67. The van der Waals surface area contributed by atoms with Crippen molar-refractivity contribution < 1.29 is 10.0 Å². The first kappa shape index (κ1) is 24.5. The summed E-state index contributed by atoms with van der Waals surface area (Å²) in [4.78, 5) is 26.4. The topological polar surface area (TPSA) is 98.9 Å². The van der Waals surface area contributed by atoms with Crippen LogP contribution in [0, 0.1) is 0 Å². The van der Waals surface area contributed by atoms with Crippen molar-refractivity contribution in [1.82, 2.24) is 24.4 Å². The van der Waals surface area contributed by atoms with Gasteiger partial charge in [-0.1, -0.05) is 29.8 Å². The van der Waals surface area contributed by atoms with Crippen molar-refractivity contribution in [3.05, 3.63) is 83.0 Å². The second-order valence-electron chi connectivity index (χ2n) is 9.04. The minimum absolute atomic E-state index is 0.0382. The number of carbonyl (C=O) groups excluding carboxylic acids is 1. The zero-order chi connectivity index (χ0) is 26.1. The monoisotopic (exact) mass is 545 g/mol. The number of thiazole rings is 1. The van der Waals surface area contributed by atoms with Gasteiger partial charge in [-0.05, 0) is 49.2 Å². The van der Waals surface area contributed by atoms with Gasteiger partial charge in [-0.2, -0.15) is 10.2 Å². The van der Waals surface area contributed by atoms with Crippen LogP contribution in [-0.2, 0) is 0 Å². The summed E-state index contributed by atoms with van der Waals surface area (Å²) < 4.78 is 2.01. The van der Waals surface area contributed by atoms with E-state index >= 15 is 0 Å². The zero-order valence-electron chi connectivity index (χ0n) is 20.2. The predicted molar refractivity (Wildman–Crippen MR) is 149 cm³/mol. The molecule has 9 nitrogen and oxygen atoms in total. The van der Waals surface area contributed by atoms with E-state index in [0.717, 1.165) is 53.3 Å². The van der Waals surface area contributed by atoms with E-state index in [1.807, 2.05) is 45.3 Å². The molecule has 1 saturated heterocycles. The van der Waals surface area contributed by atoms with Crippen LogP contribution in [0.3, 0.4) is 0 Å². The Labute approximate surface area is 227 Å². The van der Waals surface area contributed by atoms with Gasteiger partial charge in [-0.15, -0.1) is 11.3 Å². The first-order valence-electron chi connectivity index (χ1n) is 12.2. The van der Waals surface area contributed by atoms with E-state index in [-0.39, 0.29) is 6.04 Å². The van der Waals surface area contributed by atoms with Crippen LogP contribution in [0.4, 0.5) is 11.6 Å². The highest BCUT2D eigenvalue weighted by molar-refractivity contribution is 7.15. The fourth-order valence-electron chi connectivity index (χ4n) is 4.72. The van der Waals surface area contributed by atoms with E-state index in [9.17, 15) is 10.0 Å². The molecule has 1 fully saturated rings. The number of hydrogen-bond donors (Lipinski definition) is 2. The molecule has 0 radical (unpaired) electrons. The second kappa shape index (κ2) is 10.5. The smallest absolute Gasteiger partial charge is 0.223 e. The van der Waals surface area contributed by atoms with Crippen LogP contribution in [0.25, 0.3) is 27.6 Å². The Morgan fingerprint density at radius 3 is 2.87 bits per heavy atom. The summed E-state index contributed by atoms with van der Waals surface area (Å²) in [5.74, 6) is 0.503. The van der Waals surface area contributed by atoms with Gasteiger partial charge in [0, 0.05) is 53.1 Å². The molecule has 11 heteroatoms. The van der Waals surface area contributed by atoms with Crippen LogP contribution < -0.4 is 10.5 Å². The molecule has 0 aliphatic carbocycles. The molecule has 1 atom stereocenters. The third-order valence-electron chi connectivity index (χ3n) is 6.52.